The van der Waals surface area contributed by atoms with Crippen molar-refractivity contribution in [3.8, 4) is 0 Å². The van der Waals surface area contributed by atoms with E-state index in [1.165, 1.54) is 21.3 Å². The molecule has 0 aromatic carbocycles. The van der Waals surface area contributed by atoms with Gasteiger partial charge in [-0.25, -0.2) is 4.79 Å². The van der Waals surface area contributed by atoms with Crippen molar-refractivity contribution in [2.45, 2.75) is 19.3 Å². The highest BCUT2D eigenvalue weighted by molar-refractivity contribution is 5.67. The number of carbonyl (C=O) groups is 1. The van der Waals surface area contributed by atoms with Crippen LogP contribution in [0.4, 0.5) is 4.79 Å². The second-order valence-corrected chi connectivity index (χ2v) is 2.26. The second kappa shape index (κ2) is 5.79. The first-order chi connectivity index (χ1) is 5.65. The molecule has 1 atom stereocenters. The van der Waals surface area contributed by atoms with Gasteiger partial charge in [-0.05, 0) is 6.92 Å². The summed E-state index contributed by atoms with van der Waals surface area (Å²) in [6, 6.07) is -0.243. The molecule has 1 N–H and O–H groups in total. The lowest BCUT2D eigenvalue weighted by Crippen LogP contribution is -2.42. The van der Waals surface area contributed by atoms with Gasteiger partial charge in [0.15, 0.2) is 6.29 Å². The Kier molecular flexibility index (Phi) is 5.40. The van der Waals surface area contributed by atoms with Crippen molar-refractivity contribution in [1.82, 2.24) is 5.32 Å². The van der Waals surface area contributed by atoms with E-state index in [0.29, 0.717) is 0 Å². The Morgan fingerprint density at radius 1 is 1.25 bits per heavy atom. The van der Waals surface area contributed by atoms with Gasteiger partial charge in [-0.3, -0.25) is 0 Å². The maximum Gasteiger partial charge on any atom is 0.407 e. The predicted octanol–water partition coefficient (Wildman–Crippen LogP) is 0.350. The lowest BCUT2D eigenvalue weighted by atomic mass is 10.3. The van der Waals surface area contributed by atoms with Crippen LogP contribution in [-0.4, -0.2) is 39.8 Å². The van der Waals surface area contributed by atoms with Gasteiger partial charge in [0.25, 0.3) is 0 Å². The maximum atomic E-state index is 10.7. The van der Waals surface area contributed by atoms with E-state index in [1.54, 1.807) is 6.92 Å². The number of hydrogen-bond donors (Lipinski definition) is 1. The van der Waals surface area contributed by atoms with Crippen molar-refractivity contribution in [1.29, 1.82) is 0 Å². The van der Waals surface area contributed by atoms with Crippen LogP contribution in [-0.2, 0) is 14.2 Å². The third-order valence-electron chi connectivity index (χ3n) is 1.40. The number of rotatable bonds is 4. The number of hydrogen-bond acceptors (Lipinski definition) is 4. The Balaban J connectivity index is 3.83. The fourth-order valence-corrected chi connectivity index (χ4v) is 0.817. The Hall–Kier alpha value is -0.810. The lowest BCUT2D eigenvalue weighted by molar-refractivity contribution is -0.118. The molecular formula is C7H15NO4. The molecule has 0 fully saturated rings. The molecular weight excluding hydrogens is 162 g/mol. The molecule has 0 saturated carbocycles. The van der Waals surface area contributed by atoms with Crippen molar-refractivity contribution in [3.05, 3.63) is 0 Å². The largest absolute Gasteiger partial charge is 0.453 e. The summed E-state index contributed by atoms with van der Waals surface area (Å²) >= 11 is 0. The first-order valence-electron chi connectivity index (χ1n) is 3.55. The average molecular weight is 177 g/mol. The van der Waals surface area contributed by atoms with Gasteiger partial charge in [-0.15, -0.1) is 0 Å². The highest BCUT2D eigenvalue weighted by Crippen LogP contribution is 1.98. The summed E-state index contributed by atoms with van der Waals surface area (Å²) in [5.74, 6) is 0. The standard InChI is InChI=1S/C7H15NO4/c1-5(6(10-2)11-3)8-7(9)12-4/h5-6H,1-4H3,(H,8,9). The summed E-state index contributed by atoms with van der Waals surface area (Å²) in [7, 11) is 4.31. The molecule has 0 radical (unpaired) electrons. The molecule has 0 heterocycles. The molecule has 5 nitrogen and oxygen atoms in total. The number of carbonyl (C=O) groups excluding carboxylic acids is 1. The number of alkyl carbamates (subject to hydrolysis) is 1. The molecule has 0 rings (SSSR count). The first kappa shape index (κ1) is 11.2. The van der Waals surface area contributed by atoms with Crippen LogP contribution in [0.2, 0.25) is 0 Å². The number of amides is 1. The molecule has 0 spiro atoms. The monoisotopic (exact) mass is 177 g/mol. The topological polar surface area (TPSA) is 56.8 Å². The van der Waals surface area contributed by atoms with Crippen LogP contribution in [0, 0.1) is 0 Å². The minimum Gasteiger partial charge on any atom is -0.453 e. The summed E-state index contributed by atoms with van der Waals surface area (Å²) in [6.45, 7) is 1.76. The van der Waals surface area contributed by atoms with Gasteiger partial charge in [0, 0.05) is 14.2 Å². The number of nitrogens with one attached hydrogen (secondary N) is 1. The van der Waals surface area contributed by atoms with Gasteiger partial charge in [-0.1, -0.05) is 0 Å². The summed E-state index contributed by atoms with van der Waals surface area (Å²) in [4.78, 5) is 10.7. The van der Waals surface area contributed by atoms with E-state index in [-0.39, 0.29) is 6.04 Å². The Bertz CT molecular complexity index is 135. The minimum atomic E-state index is -0.499. The number of ether oxygens (including phenoxy) is 3. The molecule has 0 aromatic heterocycles. The third kappa shape index (κ3) is 3.54. The Morgan fingerprint density at radius 3 is 2.08 bits per heavy atom. The second-order valence-electron chi connectivity index (χ2n) is 2.26. The van der Waals surface area contributed by atoms with Gasteiger partial charge < -0.3 is 19.5 Å². The summed E-state index contributed by atoms with van der Waals surface area (Å²) in [5.41, 5.74) is 0. The summed E-state index contributed by atoms with van der Waals surface area (Å²) in [5, 5.41) is 2.52. The van der Waals surface area contributed by atoms with Crippen molar-refractivity contribution in [3.63, 3.8) is 0 Å². The maximum absolute atomic E-state index is 10.7. The van der Waals surface area contributed by atoms with Crippen molar-refractivity contribution >= 4 is 6.09 Å². The van der Waals surface area contributed by atoms with Crippen LogP contribution in [0.5, 0.6) is 0 Å². The van der Waals surface area contributed by atoms with Crippen LogP contribution in [0.25, 0.3) is 0 Å². The molecule has 1 unspecified atom stereocenters. The third-order valence-corrected chi connectivity index (χ3v) is 1.40. The zero-order valence-electron chi connectivity index (χ0n) is 7.79. The summed E-state index contributed by atoms with van der Waals surface area (Å²) in [6.07, 6.45) is -0.953. The van der Waals surface area contributed by atoms with E-state index in [1.807, 2.05) is 0 Å². The molecule has 5 heteroatoms. The van der Waals surface area contributed by atoms with Gasteiger partial charge in [0.2, 0.25) is 0 Å². The summed E-state index contributed by atoms with van der Waals surface area (Å²) < 4.78 is 14.2. The SMILES string of the molecule is COC(=O)NC(C)C(OC)OC. The molecule has 12 heavy (non-hydrogen) atoms. The van der Waals surface area contributed by atoms with E-state index < -0.39 is 12.4 Å². The molecule has 72 valence electrons. The molecule has 1 amide bonds. The normalized spacial score (nSPS) is 12.8. The first-order valence-corrected chi connectivity index (χ1v) is 3.55. The van der Waals surface area contributed by atoms with E-state index in [9.17, 15) is 4.79 Å². The smallest absolute Gasteiger partial charge is 0.407 e. The van der Waals surface area contributed by atoms with Crippen molar-refractivity contribution in [2.75, 3.05) is 21.3 Å². The number of methoxy groups -OCH3 is 3. The van der Waals surface area contributed by atoms with Gasteiger partial charge in [0.1, 0.15) is 0 Å². The van der Waals surface area contributed by atoms with Gasteiger partial charge in [-0.2, -0.15) is 0 Å². The van der Waals surface area contributed by atoms with Crippen LogP contribution >= 0.6 is 0 Å². The zero-order chi connectivity index (χ0) is 9.56. The molecule has 0 aliphatic carbocycles. The zero-order valence-corrected chi connectivity index (χ0v) is 7.79. The minimum absolute atomic E-state index is 0.243. The lowest BCUT2D eigenvalue weighted by Gasteiger charge is -2.21. The van der Waals surface area contributed by atoms with Crippen molar-refractivity contribution in [2.24, 2.45) is 0 Å². The van der Waals surface area contributed by atoms with E-state index >= 15 is 0 Å². The van der Waals surface area contributed by atoms with Crippen molar-refractivity contribution < 1.29 is 19.0 Å². The average Bonchev–Trinajstić information content (AvgIpc) is 2.06. The van der Waals surface area contributed by atoms with E-state index in [4.69, 9.17) is 9.47 Å². The molecule has 0 aliphatic heterocycles. The molecule has 0 saturated heterocycles. The quantitative estimate of drug-likeness (QED) is 0.629. The van der Waals surface area contributed by atoms with Crippen LogP contribution in [0.3, 0.4) is 0 Å². The van der Waals surface area contributed by atoms with Crippen LogP contribution < -0.4 is 5.32 Å². The van der Waals surface area contributed by atoms with E-state index in [2.05, 4.69) is 10.1 Å². The predicted molar refractivity (Wildman–Crippen MR) is 42.8 cm³/mol. The Labute approximate surface area is 72.0 Å². The Morgan fingerprint density at radius 2 is 1.75 bits per heavy atom. The molecule has 0 aliphatic rings. The van der Waals surface area contributed by atoms with Gasteiger partial charge in [0.05, 0.1) is 13.2 Å². The van der Waals surface area contributed by atoms with E-state index in [0.717, 1.165) is 0 Å². The van der Waals surface area contributed by atoms with Crippen LogP contribution in [0.1, 0.15) is 6.92 Å². The molecule has 0 aromatic rings. The van der Waals surface area contributed by atoms with Gasteiger partial charge >= 0.3 is 6.09 Å². The van der Waals surface area contributed by atoms with Crippen LogP contribution in [0.15, 0.2) is 0 Å². The highest BCUT2D eigenvalue weighted by atomic mass is 16.7. The molecule has 0 bridgehead atoms. The highest BCUT2D eigenvalue weighted by Gasteiger charge is 2.17. The fourth-order valence-electron chi connectivity index (χ4n) is 0.817. The fraction of sp³-hybridized carbons (Fsp3) is 0.857.